The topological polar surface area (TPSA) is 96.6 Å². The number of rotatable bonds is 6. The lowest BCUT2D eigenvalue weighted by Crippen LogP contribution is -2.09. The predicted octanol–water partition coefficient (Wildman–Crippen LogP) is 1.62. The zero-order valence-corrected chi connectivity index (χ0v) is 10.8. The van der Waals surface area contributed by atoms with Crippen LogP contribution in [0.15, 0.2) is 29.8 Å². The van der Waals surface area contributed by atoms with Crippen LogP contribution in [0.1, 0.15) is 12.5 Å². The fourth-order valence-corrected chi connectivity index (χ4v) is 1.35. The van der Waals surface area contributed by atoms with E-state index in [-0.39, 0.29) is 12.2 Å². The Labute approximate surface area is 115 Å². The van der Waals surface area contributed by atoms with Crippen LogP contribution in [0.2, 0.25) is 0 Å². The summed E-state index contributed by atoms with van der Waals surface area (Å²) in [7, 11) is 0. The summed E-state index contributed by atoms with van der Waals surface area (Å²) in [6.07, 6.45) is 1.35. The quantitative estimate of drug-likeness (QED) is 0.481. The number of aliphatic carboxylic acids is 1. The second kappa shape index (κ2) is 7.59. The molecule has 0 aliphatic carbocycles. The summed E-state index contributed by atoms with van der Waals surface area (Å²) in [6, 6.07) is 8.15. The molecule has 6 heteroatoms. The first kappa shape index (κ1) is 15.2. The second-order valence-corrected chi connectivity index (χ2v) is 3.65. The van der Waals surface area contributed by atoms with E-state index in [2.05, 4.69) is 0 Å². The van der Waals surface area contributed by atoms with Crippen molar-refractivity contribution in [1.29, 1.82) is 5.26 Å². The smallest absolute Gasteiger partial charge is 0.348 e. The van der Waals surface area contributed by atoms with Crippen LogP contribution in [0.3, 0.4) is 0 Å². The van der Waals surface area contributed by atoms with Crippen molar-refractivity contribution in [3.8, 4) is 11.8 Å². The van der Waals surface area contributed by atoms with Crippen LogP contribution >= 0.6 is 0 Å². The molecule has 0 aromatic heterocycles. The second-order valence-electron chi connectivity index (χ2n) is 3.65. The molecule has 20 heavy (non-hydrogen) atoms. The number of nitriles is 1. The first-order valence-corrected chi connectivity index (χ1v) is 5.80. The van der Waals surface area contributed by atoms with Gasteiger partial charge in [-0.05, 0) is 30.7 Å². The Morgan fingerprint density at radius 2 is 2.20 bits per heavy atom. The number of carboxylic acids is 1. The van der Waals surface area contributed by atoms with Crippen LogP contribution in [0, 0.1) is 11.3 Å². The Morgan fingerprint density at radius 1 is 1.45 bits per heavy atom. The van der Waals surface area contributed by atoms with Crippen molar-refractivity contribution in [3.63, 3.8) is 0 Å². The van der Waals surface area contributed by atoms with E-state index < -0.39 is 18.5 Å². The van der Waals surface area contributed by atoms with Gasteiger partial charge in [0.25, 0.3) is 0 Å². The van der Waals surface area contributed by atoms with Crippen LogP contribution in [-0.2, 0) is 14.3 Å². The van der Waals surface area contributed by atoms with Crippen molar-refractivity contribution < 1.29 is 24.2 Å². The molecule has 1 N–H and O–H groups in total. The minimum absolute atomic E-state index is 0.137. The molecule has 1 aromatic rings. The number of carbonyl (C=O) groups excluding carboxylic acids is 1. The monoisotopic (exact) mass is 275 g/mol. The highest BCUT2D eigenvalue weighted by atomic mass is 16.5. The molecular weight excluding hydrogens is 262 g/mol. The zero-order valence-electron chi connectivity index (χ0n) is 10.8. The molecule has 6 nitrogen and oxygen atoms in total. The standard InChI is InChI=1S/C14H13NO5/c1-2-19-14(18)11(8-15)6-10-4-3-5-12(7-10)20-9-13(16)17/h3-7H,2,9H2,1H3,(H,16,17)/b11-6-. The van der Waals surface area contributed by atoms with Gasteiger partial charge in [-0.15, -0.1) is 0 Å². The number of esters is 1. The maximum absolute atomic E-state index is 11.5. The lowest BCUT2D eigenvalue weighted by molar-refractivity contribution is -0.139. The van der Waals surface area contributed by atoms with Crippen molar-refractivity contribution >= 4 is 18.0 Å². The Morgan fingerprint density at radius 3 is 2.80 bits per heavy atom. The summed E-state index contributed by atoms with van der Waals surface area (Å²) in [5, 5.41) is 17.4. The molecule has 0 heterocycles. The van der Waals surface area contributed by atoms with Gasteiger partial charge in [0.15, 0.2) is 6.61 Å². The first-order chi connectivity index (χ1) is 9.56. The van der Waals surface area contributed by atoms with Gasteiger partial charge < -0.3 is 14.6 Å². The molecule has 0 bridgehead atoms. The summed E-state index contributed by atoms with van der Waals surface area (Å²) >= 11 is 0. The summed E-state index contributed by atoms with van der Waals surface area (Å²) < 4.78 is 9.74. The summed E-state index contributed by atoms with van der Waals surface area (Å²) in [5.41, 5.74) is 0.403. The summed E-state index contributed by atoms with van der Waals surface area (Å²) in [5.74, 6) is -1.45. The average molecular weight is 275 g/mol. The highest BCUT2D eigenvalue weighted by molar-refractivity contribution is 5.97. The van der Waals surface area contributed by atoms with E-state index in [1.54, 1.807) is 31.2 Å². The van der Waals surface area contributed by atoms with Gasteiger partial charge in [0.05, 0.1) is 6.61 Å². The Bertz CT molecular complexity index is 571. The molecule has 104 valence electrons. The molecule has 0 amide bonds. The fraction of sp³-hybridized carbons (Fsp3) is 0.214. The molecule has 0 radical (unpaired) electrons. The van der Waals surface area contributed by atoms with Gasteiger partial charge in [-0.3, -0.25) is 0 Å². The molecule has 1 rings (SSSR count). The van der Waals surface area contributed by atoms with Crippen molar-refractivity contribution in [2.45, 2.75) is 6.92 Å². The van der Waals surface area contributed by atoms with Gasteiger partial charge in [-0.25, -0.2) is 9.59 Å². The first-order valence-electron chi connectivity index (χ1n) is 5.80. The maximum atomic E-state index is 11.5. The molecule has 0 aliphatic heterocycles. The summed E-state index contributed by atoms with van der Waals surface area (Å²) in [6.45, 7) is 1.36. The lowest BCUT2D eigenvalue weighted by atomic mass is 10.1. The average Bonchev–Trinajstić information content (AvgIpc) is 2.43. The largest absolute Gasteiger partial charge is 0.482 e. The van der Waals surface area contributed by atoms with E-state index in [1.165, 1.54) is 12.1 Å². The third kappa shape index (κ3) is 4.82. The van der Waals surface area contributed by atoms with Crippen molar-refractivity contribution in [2.24, 2.45) is 0 Å². The van der Waals surface area contributed by atoms with E-state index in [0.29, 0.717) is 11.3 Å². The molecule has 0 aliphatic rings. The Hall–Kier alpha value is -2.81. The minimum Gasteiger partial charge on any atom is -0.482 e. The fourth-order valence-electron chi connectivity index (χ4n) is 1.35. The molecule has 0 atom stereocenters. The van der Waals surface area contributed by atoms with Gasteiger partial charge in [-0.2, -0.15) is 5.26 Å². The third-order valence-corrected chi connectivity index (χ3v) is 2.15. The van der Waals surface area contributed by atoms with Gasteiger partial charge >= 0.3 is 11.9 Å². The van der Waals surface area contributed by atoms with Crippen LogP contribution in [0.4, 0.5) is 0 Å². The zero-order chi connectivity index (χ0) is 15.0. The number of benzene rings is 1. The predicted molar refractivity (Wildman–Crippen MR) is 69.8 cm³/mol. The van der Waals surface area contributed by atoms with E-state index in [9.17, 15) is 9.59 Å². The maximum Gasteiger partial charge on any atom is 0.348 e. The van der Waals surface area contributed by atoms with E-state index in [0.717, 1.165) is 0 Å². The molecule has 0 spiro atoms. The van der Waals surface area contributed by atoms with Gasteiger partial charge in [0.2, 0.25) is 0 Å². The molecule has 0 saturated heterocycles. The number of carbonyl (C=O) groups is 2. The van der Waals surface area contributed by atoms with Gasteiger partial charge in [0.1, 0.15) is 17.4 Å². The lowest BCUT2D eigenvalue weighted by Gasteiger charge is -2.04. The Kier molecular flexibility index (Phi) is 5.78. The van der Waals surface area contributed by atoms with E-state index in [1.807, 2.05) is 0 Å². The number of carboxylic acid groups (broad SMARTS) is 1. The molecule has 0 saturated carbocycles. The van der Waals surface area contributed by atoms with Crippen molar-refractivity contribution in [2.75, 3.05) is 13.2 Å². The van der Waals surface area contributed by atoms with Crippen LogP contribution < -0.4 is 4.74 Å². The molecule has 0 unspecified atom stereocenters. The van der Waals surface area contributed by atoms with Gasteiger partial charge in [0, 0.05) is 0 Å². The van der Waals surface area contributed by atoms with Crippen LogP contribution in [-0.4, -0.2) is 30.3 Å². The van der Waals surface area contributed by atoms with Crippen molar-refractivity contribution in [1.82, 2.24) is 0 Å². The normalized spacial score (nSPS) is 10.5. The number of hydrogen-bond donors (Lipinski definition) is 1. The summed E-state index contributed by atoms with van der Waals surface area (Å²) in [4.78, 5) is 21.9. The van der Waals surface area contributed by atoms with Gasteiger partial charge in [-0.1, -0.05) is 12.1 Å². The number of ether oxygens (including phenoxy) is 2. The Balaban J connectivity index is 2.90. The van der Waals surface area contributed by atoms with Crippen molar-refractivity contribution in [3.05, 3.63) is 35.4 Å². The minimum atomic E-state index is -1.09. The van der Waals surface area contributed by atoms with Crippen LogP contribution in [0.5, 0.6) is 5.75 Å². The highest BCUT2D eigenvalue weighted by Crippen LogP contribution is 2.16. The molecule has 1 aromatic carbocycles. The number of hydrogen-bond acceptors (Lipinski definition) is 5. The van der Waals surface area contributed by atoms with E-state index >= 15 is 0 Å². The number of nitrogens with zero attached hydrogens (tertiary/aromatic N) is 1. The molecule has 0 fully saturated rings. The van der Waals surface area contributed by atoms with Crippen LogP contribution in [0.25, 0.3) is 6.08 Å². The highest BCUT2D eigenvalue weighted by Gasteiger charge is 2.09. The molecular formula is C14H13NO5. The van der Waals surface area contributed by atoms with E-state index in [4.69, 9.17) is 19.8 Å². The SMILES string of the molecule is CCOC(=O)/C(C#N)=C\c1cccc(OCC(=O)O)c1. The third-order valence-electron chi connectivity index (χ3n) is 2.15.